The molecule has 0 heterocycles. The third kappa shape index (κ3) is 26.8. The highest BCUT2D eigenvalue weighted by molar-refractivity contribution is 8.85. The van der Waals surface area contributed by atoms with E-state index in [1.807, 2.05) is 0 Å². The molecule has 4 N–H and O–H groups in total. The maximum absolute atomic E-state index is 13.4. The molecule has 0 spiro atoms. The van der Waals surface area contributed by atoms with Gasteiger partial charge in [-0.15, -0.1) is 0 Å². The summed E-state index contributed by atoms with van der Waals surface area (Å²) in [5.41, 5.74) is -8.28. The summed E-state index contributed by atoms with van der Waals surface area (Å²) in [6.45, 7) is 22.1. The molecule has 0 amide bonds. The minimum Gasteiger partial charge on any atom is -0.448 e. The number of unbranched alkanes of at least 4 members (excludes halogenated alkanes) is 8. The first kappa shape index (κ1) is 66.7. The Hall–Kier alpha value is 1.67. The summed E-state index contributed by atoms with van der Waals surface area (Å²) in [5, 5.41) is 48.7. The van der Waals surface area contributed by atoms with Gasteiger partial charge in [0.15, 0.2) is 5.44 Å². The van der Waals surface area contributed by atoms with Crippen molar-refractivity contribution in [3.05, 3.63) is 0 Å². The third-order valence-corrected chi connectivity index (χ3v) is 23.1. The molecule has 382 valence electrons. The van der Waals surface area contributed by atoms with Crippen LogP contribution in [0.25, 0.3) is 0 Å². The van der Waals surface area contributed by atoms with Crippen molar-refractivity contribution in [3.63, 3.8) is 0 Å². The van der Waals surface area contributed by atoms with Gasteiger partial charge >= 0.3 is 5.97 Å². The van der Waals surface area contributed by atoms with Crippen LogP contribution >= 0.6 is 135 Å². The zero-order valence-corrected chi connectivity index (χ0v) is 50.1. The number of carbonyl (C=O) groups excluding carboxylic acids is 1. The van der Waals surface area contributed by atoms with E-state index in [-0.39, 0.29) is 0 Å². The molecule has 0 radical (unpaired) electrons. The number of carbonyl (C=O) groups is 1. The zero-order chi connectivity index (χ0) is 49.0. The number of aliphatic hydroxyl groups excluding tert-OH is 4. The van der Waals surface area contributed by atoms with Crippen molar-refractivity contribution in [1.82, 2.24) is 19.6 Å². The monoisotopic (exact) mass is 1130 g/mol. The van der Waals surface area contributed by atoms with Gasteiger partial charge in [0.05, 0.1) is 0 Å². The van der Waals surface area contributed by atoms with Crippen LogP contribution in [0, 0.1) is 5.41 Å². The van der Waals surface area contributed by atoms with Gasteiger partial charge in [0, 0.05) is 52.4 Å². The van der Waals surface area contributed by atoms with Crippen LogP contribution in [0.3, 0.4) is 0 Å². The number of rotatable bonds is 38. The molecule has 4 atom stereocenters. The number of nitrogens with zero attached hydrogens (tertiary/aromatic N) is 4. The van der Waals surface area contributed by atoms with Gasteiger partial charge in [-0.05, 0) is 105 Å². The maximum Gasteiger partial charge on any atom is 0.332 e. The van der Waals surface area contributed by atoms with Gasteiger partial charge in [-0.3, -0.25) is 0 Å². The van der Waals surface area contributed by atoms with Crippen molar-refractivity contribution in [3.8, 4) is 0 Å². The average Bonchev–Trinajstić information content (AvgIpc) is 3.30. The van der Waals surface area contributed by atoms with E-state index in [9.17, 15) is 25.2 Å². The molecule has 22 heteroatoms. The smallest absolute Gasteiger partial charge is 0.332 e. The molecule has 0 aliphatic heterocycles. The molecule has 0 aliphatic carbocycles. The van der Waals surface area contributed by atoms with E-state index in [1.165, 1.54) is 43.2 Å². The number of hydrogen-bond acceptors (Lipinski definition) is 18. The lowest BCUT2D eigenvalue weighted by Crippen LogP contribution is -2.57. The van der Waals surface area contributed by atoms with Crippen molar-refractivity contribution in [2.24, 2.45) is 5.41 Å². The Kier molecular flexibility index (Phi) is 43.3. The number of hydrogen-bond donors (Lipinski definition) is 4. The Morgan fingerprint density at radius 1 is 0.446 bits per heavy atom. The van der Waals surface area contributed by atoms with Gasteiger partial charge in [-0.25, -0.2) is 4.79 Å². The third-order valence-electron chi connectivity index (χ3n) is 10.2. The Bertz CT molecular complexity index is 1170. The van der Waals surface area contributed by atoms with Crippen LogP contribution in [-0.2, 0) is 9.53 Å². The van der Waals surface area contributed by atoms with Crippen LogP contribution in [0.2, 0.25) is 0 Å². The van der Waals surface area contributed by atoms with Crippen molar-refractivity contribution in [2.75, 3.05) is 59.0 Å². The van der Waals surface area contributed by atoms with Gasteiger partial charge < -0.3 is 44.8 Å². The minimum atomic E-state index is -2.05. The van der Waals surface area contributed by atoms with Gasteiger partial charge in [0.25, 0.3) is 0 Å². The first-order valence-corrected chi connectivity index (χ1v) is 34.1. The second kappa shape index (κ2) is 42.2. The van der Waals surface area contributed by atoms with Gasteiger partial charge in [-0.1, -0.05) is 188 Å². The quantitative estimate of drug-likeness (QED) is 0.0203. The normalized spacial score (nSPS) is 14.2. The molecular formula is C43H82N4O6S12. The molecule has 10 nitrogen and oxygen atoms in total. The summed E-state index contributed by atoms with van der Waals surface area (Å²) >= 11 is 24.0. The van der Waals surface area contributed by atoms with E-state index in [2.05, 4.69) is 75.0 Å². The van der Waals surface area contributed by atoms with Crippen LogP contribution in [0.4, 0.5) is 0 Å². The largest absolute Gasteiger partial charge is 0.448 e. The van der Waals surface area contributed by atoms with E-state index in [1.54, 1.807) is 0 Å². The molecule has 0 aromatic carbocycles. The van der Waals surface area contributed by atoms with E-state index in [0.717, 1.165) is 198 Å². The molecule has 0 aromatic rings. The Labute approximate surface area is 448 Å². The molecule has 4 unspecified atom stereocenters. The van der Waals surface area contributed by atoms with Gasteiger partial charge in [0.2, 0.25) is 0 Å². The SMILES string of the molecule is CCCCN(CCCC)C(=S)SSC(O)C(C(O)SSC(=S)N(CCCC)CCCC)(C(O)SSC(=S)N(CCCC)CCCC)C(OC(=O)CO)SSC(=S)N(CCCC)CCCC. The highest BCUT2D eigenvalue weighted by Gasteiger charge is 2.60. The number of aliphatic hydroxyl groups is 4. The standard InChI is InChI=1S/C43H82N4O6S12/c1-9-17-25-44(26-18-10-2)39(54)62-58-35(50)43(36(51)59-63-40(55)45(27-19-11-3)28-20-12-4,37(52)60-64-41(56)46(29-21-13-5)30-22-14-6)38(53-34(49)33-48)61-65-42(57)47(31-23-15-7)32-24-16-8/h35-38,48,50-52H,9-33H2,1-8H3. The van der Waals surface area contributed by atoms with Crippen LogP contribution in [0.15, 0.2) is 0 Å². The molecule has 0 fully saturated rings. The lowest BCUT2D eigenvalue weighted by molar-refractivity contribution is -0.162. The molecule has 65 heavy (non-hydrogen) atoms. The fraction of sp³-hybridized carbons (Fsp3) is 0.884. The Morgan fingerprint density at radius 2 is 0.662 bits per heavy atom. The summed E-state index contributed by atoms with van der Waals surface area (Å²) in [6, 6.07) is 0. The number of esters is 1. The zero-order valence-electron chi connectivity index (χ0n) is 40.3. The Balaban J connectivity index is 7.76. The van der Waals surface area contributed by atoms with Crippen molar-refractivity contribution >= 4 is 158 Å². The van der Waals surface area contributed by atoms with Crippen LogP contribution in [0.1, 0.15) is 158 Å². The lowest BCUT2D eigenvalue weighted by Gasteiger charge is -2.47. The number of thiocarbonyl (C=S) groups is 4. The highest BCUT2D eigenvalue weighted by Crippen LogP contribution is 2.58. The van der Waals surface area contributed by atoms with Crippen LogP contribution in [-0.4, -0.2) is 144 Å². The first-order chi connectivity index (χ1) is 31.2. The van der Waals surface area contributed by atoms with Crippen molar-refractivity contribution in [2.45, 2.75) is 180 Å². The van der Waals surface area contributed by atoms with E-state index in [0.29, 0.717) is 17.3 Å². The minimum absolute atomic E-state index is 0.552. The second-order valence-corrected chi connectivity index (χ2v) is 27.2. The average molecular weight is 1140 g/mol. The fourth-order valence-electron chi connectivity index (χ4n) is 5.85. The predicted octanol–water partition coefficient (Wildman–Crippen LogP) is 13.1. The summed E-state index contributed by atoms with van der Waals surface area (Å²) in [6.07, 6.45) is 15.5. The summed E-state index contributed by atoms with van der Waals surface area (Å²) < 4.78 is 8.36. The summed E-state index contributed by atoms with van der Waals surface area (Å²) in [4.78, 5) is 21.9. The fourth-order valence-corrected chi connectivity index (χ4v) is 18.2. The van der Waals surface area contributed by atoms with Gasteiger partial charge in [-0.2, -0.15) is 0 Å². The summed E-state index contributed by atoms with van der Waals surface area (Å²) in [5.74, 6) is -0.978. The molecule has 0 bridgehead atoms. The van der Waals surface area contributed by atoms with Crippen LogP contribution < -0.4 is 0 Å². The Morgan fingerprint density at radius 3 is 0.862 bits per heavy atom. The topological polar surface area (TPSA) is 120 Å². The first-order valence-electron chi connectivity index (χ1n) is 23.6. The van der Waals surface area contributed by atoms with Gasteiger partial charge in [0.1, 0.15) is 45.6 Å². The summed E-state index contributed by atoms with van der Waals surface area (Å²) in [7, 11) is 8.89. The highest BCUT2D eigenvalue weighted by atomic mass is 33.1. The second-order valence-electron chi connectivity index (χ2n) is 15.6. The maximum atomic E-state index is 13.4. The van der Waals surface area contributed by atoms with E-state index in [4.69, 9.17) is 53.6 Å². The molecular weight excluding hydrogens is 1050 g/mol. The van der Waals surface area contributed by atoms with E-state index >= 15 is 0 Å². The van der Waals surface area contributed by atoms with Crippen molar-refractivity contribution < 1.29 is 30.0 Å². The molecule has 0 aromatic heterocycles. The van der Waals surface area contributed by atoms with Crippen molar-refractivity contribution in [1.29, 1.82) is 0 Å². The molecule has 0 saturated carbocycles. The predicted molar refractivity (Wildman–Crippen MR) is 314 cm³/mol. The molecule has 0 aliphatic rings. The molecule has 0 rings (SSSR count). The van der Waals surface area contributed by atoms with E-state index < -0.39 is 39.7 Å². The number of ether oxygens (including phenoxy) is 1. The lowest BCUT2D eigenvalue weighted by atomic mass is 9.90. The van der Waals surface area contributed by atoms with Crippen LogP contribution in [0.5, 0.6) is 0 Å². The molecule has 0 saturated heterocycles.